The van der Waals surface area contributed by atoms with Gasteiger partial charge < -0.3 is 10.6 Å². The van der Waals surface area contributed by atoms with Gasteiger partial charge in [0.05, 0.1) is 22.5 Å². The number of fused-ring (bicyclic) bond motifs is 1. The fourth-order valence-electron chi connectivity index (χ4n) is 3.87. The maximum atomic E-state index is 12.8. The average Bonchev–Trinajstić information content (AvgIpc) is 3.25. The molecule has 2 amide bonds. The van der Waals surface area contributed by atoms with Gasteiger partial charge in [0.25, 0.3) is 11.8 Å². The molecular formula is C24H25N3O2. The molecule has 0 aromatic heterocycles. The molecule has 0 radical (unpaired) electrons. The second kappa shape index (κ2) is 7.68. The van der Waals surface area contributed by atoms with Gasteiger partial charge in [-0.2, -0.15) is 0 Å². The summed E-state index contributed by atoms with van der Waals surface area (Å²) in [6, 6.07) is 15.8. The highest BCUT2D eigenvalue weighted by molar-refractivity contribution is 6.30. The topological polar surface area (TPSA) is 61.4 Å². The van der Waals surface area contributed by atoms with Gasteiger partial charge in [-0.3, -0.25) is 14.5 Å². The maximum absolute atomic E-state index is 12.8. The molecular weight excluding hydrogens is 362 g/mol. The molecule has 2 aromatic carbocycles. The first-order valence-corrected chi connectivity index (χ1v) is 10.0. The Kier molecular flexibility index (Phi) is 5.07. The SMILES string of the molecule is CCN(CC)Cc1cccc(C2=C3C(=O)NC(c4ccc(C)cc4)=C3C(=O)N2)c1. The maximum Gasteiger partial charge on any atom is 0.258 e. The Morgan fingerprint density at radius 3 is 1.97 bits per heavy atom. The van der Waals surface area contributed by atoms with E-state index in [0.717, 1.165) is 41.9 Å². The summed E-state index contributed by atoms with van der Waals surface area (Å²) in [6.45, 7) is 9.07. The molecule has 0 unspecified atom stereocenters. The highest BCUT2D eigenvalue weighted by Gasteiger charge is 2.40. The molecule has 0 saturated heterocycles. The van der Waals surface area contributed by atoms with Crippen molar-refractivity contribution >= 4 is 23.2 Å². The van der Waals surface area contributed by atoms with E-state index in [9.17, 15) is 9.59 Å². The largest absolute Gasteiger partial charge is 0.321 e. The molecule has 29 heavy (non-hydrogen) atoms. The van der Waals surface area contributed by atoms with E-state index in [1.807, 2.05) is 43.3 Å². The van der Waals surface area contributed by atoms with E-state index in [0.29, 0.717) is 22.5 Å². The zero-order valence-electron chi connectivity index (χ0n) is 17.0. The Morgan fingerprint density at radius 1 is 0.793 bits per heavy atom. The zero-order chi connectivity index (χ0) is 20.5. The van der Waals surface area contributed by atoms with E-state index < -0.39 is 0 Å². The number of aryl methyl sites for hydroxylation is 1. The highest BCUT2D eigenvalue weighted by Crippen LogP contribution is 2.37. The van der Waals surface area contributed by atoms with E-state index in [2.05, 4.69) is 41.5 Å². The number of nitrogens with zero attached hydrogens (tertiary/aromatic N) is 1. The fourth-order valence-corrected chi connectivity index (χ4v) is 3.87. The van der Waals surface area contributed by atoms with E-state index in [4.69, 9.17) is 0 Å². The Balaban J connectivity index is 1.76. The van der Waals surface area contributed by atoms with Crippen molar-refractivity contribution in [3.63, 3.8) is 0 Å². The van der Waals surface area contributed by atoms with Crippen molar-refractivity contribution < 1.29 is 9.59 Å². The second-order valence-corrected chi connectivity index (χ2v) is 7.44. The molecule has 0 fully saturated rings. The molecule has 2 aromatic rings. The van der Waals surface area contributed by atoms with Crippen LogP contribution in [0.1, 0.15) is 36.1 Å². The van der Waals surface area contributed by atoms with Gasteiger partial charge in [0.15, 0.2) is 0 Å². The van der Waals surface area contributed by atoms with Crippen LogP contribution in [0.4, 0.5) is 0 Å². The summed E-state index contributed by atoms with van der Waals surface area (Å²) in [5.74, 6) is -0.476. The van der Waals surface area contributed by atoms with Crippen LogP contribution in [0.3, 0.4) is 0 Å². The molecule has 0 bridgehead atoms. The number of hydrogen-bond acceptors (Lipinski definition) is 3. The lowest BCUT2D eigenvalue weighted by Crippen LogP contribution is -2.23. The number of carbonyl (C=O) groups is 2. The summed E-state index contributed by atoms with van der Waals surface area (Å²) in [6.07, 6.45) is 0. The predicted molar refractivity (Wildman–Crippen MR) is 114 cm³/mol. The van der Waals surface area contributed by atoms with Crippen molar-refractivity contribution in [1.82, 2.24) is 15.5 Å². The van der Waals surface area contributed by atoms with Crippen LogP contribution >= 0.6 is 0 Å². The zero-order valence-corrected chi connectivity index (χ0v) is 17.0. The summed E-state index contributed by atoms with van der Waals surface area (Å²) in [4.78, 5) is 27.9. The standard InChI is InChI=1S/C24H25N3O2/c1-4-27(5-2)14-16-7-6-8-18(13-16)22-20-19(23(28)26-22)21(25-24(20)29)17-11-9-15(3)10-12-17/h6-13H,4-5,14H2,1-3H3,(H,25,29)(H,26,28). The molecule has 0 aliphatic carbocycles. The van der Waals surface area contributed by atoms with Gasteiger partial charge >= 0.3 is 0 Å². The molecule has 2 aliphatic heterocycles. The van der Waals surface area contributed by atoms with Gasteiger partial charge in [0, 0.05) is 6.54 Å². The van der Waals surface area contributed by atoms with Crippen molar-refractivity contribution in [1.29, 1.82) is 0 Å². The summed E-state index contributed by atoms with van der Waals surface area (Å²) in [7, 11) is 0. The van der Waals surface area contributed by atoms with Crippen molar-refractivity contribution in [2.45, 2.75) is 27.3 Å². The third-order valence-electron chi connectivity index (χ3n) is 5.54. The fraction of sp³-hybridized carbons (Fsp3) is 0.250. The number of hydrogen-bond donors (Lipinski definition) is 2. The van der Waals surface area contributed by atoms with Crippen LogP contribution in [0.5, 0.6) is 0 Å². The molecule has 2 N–H and O–H groups in total. The van der Waals surface area contributed by atoms with E-state index in [1.54, 1.807) is 0 Å². The lowest BCUT2D eigenvalue weighted by atomic mass is 10.0. The van der Waals surface area contributed by atoms with E-state index >= 15 is 0 Å². The number of carbonyl (C=O) groups excluding carboxylic acids is 2. The molecule has 148 valence electrons. The Hall–Kier alpha value is -3.18. The van der Waals surface area contributed by atoms with Crippen LogP contribution < -0.4 is 10.6 Å². The summed E-state index contributed by atoms with van der Waals surface area (Å²) < 4.78 is 0. The number of amides is 2. The summed E-state index contributed by atoms with van der Waals surface area (Å²) in [5.41, 5.74) is 6.01. The minimum atomic E-state index is -0.238. The number of rotatable bonds is 6. The van der Waals surface area contributed by atoms with E-state index in [1.165, 1.54) is 0 Å². The van der Waals surface area contributed by atoms with Crippen LogP contribution in [0.15, 0.2) is 59.7 Å². The van der Waals surface area contributed by atoms with Gasteiger partial charge in [-0.1, -0.05) is 61.9 Å². The first kappa shape index (κ1) is 19.2. The minimum Gasteiger partial charge on any atom is -0.321 e. The third-order valence-corrected chi connectivity index (χ3v) is 5.54. The van der Waals surface area contributed by atoms with Crippen LogP contribution in [0.2, 0.25) is 0 Å². The molecule has 4 rings (SSSR count). The molecule has 0 saturated carbocycles. The predicted octanol–water partition coefficient (Wildman–Crippen LogP) is 3.22. The normalized spacial score (nSPS) is 15.9. The first-order valence-electron chi connectivity index (χ1n) is 10.0. The molecule has 0 atom stereocenters. The second-order valence-electron chi connectivity index (χ2n) is 7.44. The van der Waals surface area contributed by atoms with Gasteiger partial charge in [0.2, 0.25) is 0 Å². The highest BCUT2D eigenvalue weighted by atomic mass is 16.2. The van der Waals surface area contributed by atoms with Crippen molar-refractivity contribution in [3.8, 4) is 0 Å². The third kappa shape index (κ3) is 3.49. The Morgan fingerprint density at radius 2 is 1.38 bits per heavy atom. The monoisotopic (exact) mass is 387 g/mol. The number of benzene rings is 2. The van der Waals surface area contributed by atoms with Crippen molar-refractivity contribution in [3.05, 3.63) is 81.9 Å². The van der Waals surface area contributed by atoms with Crippen LogP contribution in [-0.4, -0.2) is 29.8 Å². The molecule has 2 heterocycles. The lowest BCUT2D eigenvalue weighted by molar-refractivity contribution is -0.117. The molecule has 0 spiro atoms. The van der Waals surface area contributed by atoms with E-state index in [-0.39, 0.29) is 11.8 Å². The first-order chi connectivity index (χ1) is 14.0. The Bertz CT molecular complexity index is 1040. The van der Waals surface area contributed by atoms with Crippen LogP contribution in [-0.2, 0) is 16.1 Å². The van der Waals surface area contributed by atoms with Crippen LogP contribution in [0, 0.1) is 6.92 Å². The smallest absolute Gasteiger partial charge is 0.258 e. The van der Waals surface area contributed by atoms with Crippen molar-refractivity contribution in [2.75, 3.05) is 13.1 Å². The molecule has 5 heteroatoms. The van der Waals surface area contributed by atoms with Gasteiger partial charge in [-0.25, -0.2) is 0 Å². The van der Waals surface area contributed by atoms with Gasteiger partial charge in [-0.05, 0) is 42.8 Å². The molecule has 5 nitrogen and oxygen atoms in total. The molecule has 2 aliphatic rings. The van der Waals surface area contributed by atoms with Crippen LogP contribution in [0.25, 0.3) is 11.4 Å². The summed E-state index contributed by atoms with van der Waals surface area (Å²) in [5, 5.41) is 5.83. The quantitative estimate of drug-likeness (QED) is 0.800. The summed E-state index contributed by atoms with van der Waals surface area (Å²) >= 11 is 0. The minimum absolute atomic E-state index is 0.238. The lowest BCUT2D eigenvalue weighted by Gasteiger charge is -2.18. The number of nitrogens with one attached hydrogen (secondary N) is 2. The van der Waals surface area contributed by atoms with Gasteiger partial charge in [0.1, 0.15) is 0 Å². The van der Waals surface area contributed by atoms with Crippen molar-refractivity contribution in [2.24, 2.45) is 0 Å². The Labute approximate surface area is 171 Å². The average molecular weight is 387 g/mol. The van der Waals surface area contributed by atoms with Gasteiger partial charge in [-0.15, -0.1) is 0 Å².